The average Bonchev–Trinajstić information content (AvgIpc) is 2.38. The highest BCUT2D eigenvalue weighted by Crippen LogP contribution is 2.21. The van der Waals surface area contributed by atoms with Gasteiger partial charge in [-0.05, 0) is 12.5 Å². The maximum Gasteiger partial charge on any atom is 0.333 e. The zero-order chi connectivity index (χ0) is 14.1. The lowest BCUT2D eigenvalue weighted by Crippen LogP contribution is -2.08. The summed E-state index contributed by atoms with van der Waals surface area (Å²) in [7, 11) is 0. The Labute approximate surface area is 111 Å². The predicted molar refractivity (Wildman–Crippen MR) is 68.3 cm³/mol. The molecule has 0 aliphatic heterocycles. The van der Waals surface area contributed by atoms with Gasteiger partial charge in [-0.1, -0.05) is 30.3 Å². The molecule has 0 fully saturated rings. The summed E-state index contributed by atoms with van der Waals surface area (Å²) >= 11 is 0. The first kappa shape index (κ1) is 14.8. The quantitative estimate of drug-likeness (QED) is 0.464. The molecular weight excluding hydrogens is 248 g/mol. The van der Waals surface area contributed by atoms with E-state index in [9.17, 15) is 9.59 Å². The Morgan fingerprint density at radius 1 is 1.32 bits per heavy atom. The van der Waals surface area contributed by atoms with Crippen molar-refractivity contribution in [1.29, 1.82) is 0 Å². The summed E-state index contributed by atoms with van der Waals surface area (Å²) in [6, 6.07) is 8.96. The first-order valence-corrected chi connectivity index (χ1v) is 5.89. The molecule has 1 atom stereocenters. The summed E-state index contributed by atoms with van der Waals surface area (Å²) in [6.45, 7) is 1.98. The normalized spacial score (nSPS) is 12.1. The maximum absolute atomic E-state index is 11.1. The molecule has 1 rings (SSSR count). The first-order chi connectivity index (χ1) is 9.13. The summed E-state index contributed by atoms with van der Waals surface area (Å²) < 4.78 is 9.98. The number of carbonyl (C=O) groups is 2. The van der Waals surface area contributed by atoms with Crippen LogP contribution in [-0.2, 0) is 19.1 Å². The lowest BCUT2D eigenvalue weighted by Gasteiger charge is -2.14. The van der Waals surface area contributed by atoms with E-state index < -0.39 is 18.0 Å². The van der Waals surface area contributed by atoms with Crippen molar-refractivity contribution < 1.29 is 24.2 Å². The molecule has 0 aliphatic rings. The van der Waals surface area contributed by atoms with E-state index in [1.807, 2.05) is 6.07 Å². The van der Waals surface area contributed by atoms with E-state index in [0.29, 0.717) is 0 Å². The molecule has 0 saturated carbocycles. The molecule has 0 spiro atoms. The highest BCUT2D eigenvalue weighted by molar-refractivity contribution is 5.81. The summed E-state index contributed by atoms with van der Waals surface area (Å²) in [6.07, 6.45) is 1.47. The SMILES string of the molecule is CCOC(=O)/C=C/OC(CC(=O)O)c1ccccc1. The van der Waals surface area contributed by atoms with Gasteiger partial charge in [-0.25, -0.2) is 4.79 Å². The second kappa shape index (κ2) is 7.92. The Morgan fingerprint density at radius 2 is 2.00 bits per heavy atom. The lowest BCUT2D eigenvalue weighted by molar-refractivity contribution is -0.139. The van der Waals surface area contributed by atoms with Crippen LogP contribution >= 0.6 is 0 Å². The number of carbonyl (C=O) groups excluding carboxylic acids is 1. The van der Waals surface area contributed by atoms with Gasteiger partial charge < -0.3 is 14.6 Å². The molecule has 0 aliphatic carbocycles. The molecule has 0 radical (unpaired) electrons. The van der Waals surface area contributed by atoms with Crippen molar-refractivity contribution in [3.05, 3.63) is 48.2 Å². The number of carboxylic acid groups (broad SMARTS) is 1. The van der Waals surface area contributed by atoms with E-state index in [2.05, 4.69) is 4.74 Å². The molecule has 0 heterocycles. The van der Waals surface area contributed by atoms with Crippen molar-refractivity contribution in [2.24, 2.45) is 0 Å². The molecule has 102 valence electrons. The minimum Gasteiger partial charge on any atom is -0.492 e. The largest absolute Gasteiger partial charge is 0.492 e. The molecule has 1 N–H and O–H groups in total. The second-order valence-corrected chi connectivity index (χ2v) is 3.69. The Balaban J connectivity index is 2.66. The predicted octanol–water partition coefficient (Wildman–Crippen LogP) is 2.30. The zero-order valence-electron chi connectivity index (χ0n) is 10.6. The average molecular weight is 264 g/mol. The summed E-state index contributed by atoms with van der Waals surface area (Å²) in [5, 5.41) is 8.84. The van der Waals surface area contributed by atoms with Crippen molar-refractivity contribution in [3.8, 4) is 0 Å². The molecular formula is C14H16O5. The Bertz CT molecular complexity index is 438. The smallest absolute Gasteiger partial charge is 0.333 e. The number of aliphatic carboxylic acids is 1. The van der Waals surface area contributed by atoms with Gasteiger partial charge in [-0.3, -0.25) is 4.79 Å². The Kier molecular flexibility index (Phi) is 6.15. The van der Waals surface area contributed by atoms with Gasteiger partial charge in [0.1, 0.15) is 6.10 Å². The highest BCUT2D eigenvalue weighted by atomic mass is 16.5. The van der Waals surface area contributed by atoms with Crippen LogP contribution in [0.3, 0.4) is 0 Å². The Morgan fingerprint density at radius 3 is 2.58 bits per heavy atom. The molecule has 0 saturated heterocycles. The van der Waals surface area contributed by atoms with Gasteiger partial charge in [0.25, 0.3) is 0 Å². The second-order valence-electron chi connectivity index (χ2n) is 3.69. The summed E-state index contributed by atoms with van der Waals surface area (Å²) in [5.41, 5.74) is 0.735. The zero-order valence-corrected chi connectivity index (χ0v) is 10.6. The van der Waals surface area contributed by atoms with E-state index in [-0.39, 0.29) is 13.0 Å². The van der Waals surface area contributed by atoms with Crippen LogP contribution in [0.5, 0.6) is 0 Å². The van der Waals surface area contributed by atoms with Crippen LogP contribution in [0.25, 0.3) is 0 Å². The van der Waals surface area contributed by atoms with Crippen LogP contribution in [0.4, 0.5) is 0 Å². The monoisotopic (exact) mass is 264 g/mol. The summed E-state index contributed by atoms with van der Waals surface area (Å²) in [5.74, 6) is -1.50. The lowest BCUT2D eigenvalue weighted by atomic mass is 10.1. The molecule has 0 aromatic heterocycles. The maximum atomic E-state index is 11.1. The van der Waals surface area contributed by atoms with Crippen molar-refractivity contribution in [2.45, 2.75) is 19.4 Å². The van der Waals surface area contributed by atoms with Gasteiger partial charge in [0.2, 0.25) is 0 Å². The van der Waals surface area contributed by atoms with E-state index in [4.69, 9.17) is 9.84 Å². The van der Waals surface area contributed by atoms with Crippen LogP contribution in [0, 0.1) is 0 Å². The fourth-order valence-electron chi connectivity index (χ4n) is 1.45. The highest BCUT2D eigenvalue weighted by Gasteiger charge is 2.15. The van der Waals surface area contributed by atoms with E-state index in [0.717, 1.165) is 11.6 Å². The summed E-state index contributed by atoms with van der Waals surface area (Å²) in [4.78, 5) is 21.9. The van der Waals surface area contributed by atoms with Crippen LogP contribution < -0.4 is 0 Å². The van der Waals surface area contributed by atoms with Crippen molar-refractivity contribution >= 4 is 11.9 Å². The molecule has 1 unspecified atom stereocenters. The van der Waals surface area contributed by atoms with Crippen molar-refractivity contribution in [3.63, 3.8) is 0 Å². The first-order valence-electron chi connectivity index (χ1n) is 5.89. The van der Waals surface area contributed by atoms with E-state index in [1.165, 1.54) is 6.26 Å². The molecule has 0 bridgehead atoms. The van der Waals surface area contributed by atoms with Gasteiger partial charge in [0.05, 0.1) is 25.4 Å². The fourth-order valence-corrected chi connectivity index (χ4v) is 1.45. The number of hydrogen-bond acceptors (Lipinski definition) is 4. The van der Waals surface area contributed by atoms with Gasteiger partial charge in [0, 0.05) is 0 Å². The fraction of sp³-hybridized carbons (Fsp3) is 0.286. The Hall–Kier alpha value is -2.30. The van der Waals surface area contributed by atoms with Crippen LogP contribution in [-0.4, -0.2) is 23.7 Å². The van der Waals surface area contributed by atoms with Gasteiger partial charge >= 0.3 is 11.9 Å². The third-order valence-electron chi connectivity index (χ3n) is 2.26. The van der Waals surface area contributed by atoms with Crippen LogP contribution in [0.1, 0.15) is 25.0 Å². The van der Waals surface area contributed by atoms with E-state index in [1.54, 1.807) is 31.2 Å². The molecule has 19 heavy (non-hydrogen) atoms. The minimum atomic E-state index is -0.974. The van der Waals surface area contributed by atoms with Gasteiger partial charge in [-0.2, -0.15) is 0 Å². The topological polar surface area (TPSA) is 72.8 Å². The molecule has 1 aromatic rings. The number of rotatable bonds is 7. The van der Waals surface area contributed by atoms with Gasteiger partial charge in [-0.15, -0.1) is 0 Å². The molecule has 1 aromatic carbocycles. The van der Waals surface area contributed by atoms with Crippen LogP contribution in [0.15, 0.2) is 42.7 Å². The number of carboxylic acids is 1. The standard InChI is InChI=1S/C14H16O5/c1-2-18-14(17)8-9-19-12(10-13(15)16)11-6-4-3-5-7-11/h3-9,12H,2,10H2,1H3,(H,15,16)/b9-8+. The minimum absolute atomic E-state index is 0.183. The number of hydrogen-bond donors (Lipinski definition) is 1. The number of esters is 1. The third kappa shape index (κ3) is 5.72. The third-order valence-corrected chi connectivity index (χ3v) is 2.26. The van der Waals surface area contributed by atoms with E-state index >= 15 is 0 Å². The molecule has 5 heteroatoms. The molecule has 0 amide bonds. The number of benzene rings is 1. The van der Waals surface area contributed by atoms with Crippen LogP contribution in [0.2, 0.25) is 0 Å². The molecule has 5 nitrogen and oxygen atoms in total. The van der Waals surface area contributed by atoms with Crippen molar-refractivity contribution in [2.75, 3.05) is 6.61 Å². The van der Waals surface area contributed by atoms with Gasteiger partial charge in [0.15, 0.2) is 0 Å². The van der Waals surface area contributed by atoms with Crippen molar-refractivity contribution in [1.82, 2.24) is 0 Å². The number of ether oxygens (including phenoxy) is 2.